The number of hydrogen-bond acceptors (Lipinski definition) is 2. The van der Waals surface area contributed by atoms with Crippen LogP contribution in [-0.2, 0) is 4.79 Å². The predicted molar refractivity (Wildman–Crippen MR) is 88.9 cm³/mol. The van der Waals surface area contributed by atoms with E-state index in [9.17, 15) is 14.0 Å². The molecule has 2 amide bonds. The summed E-state index contributed by atoms with van der Waals surface area (Å²) in [6.45, 7) is 7.01. The van der Waals surface area contributed by atoms with Crippen molar-refractivity contribution in [2.45, 2.75) is 46.5 Å². The Hall–Kier alpha value is -1.91. The van der Waals surface area contributed by atoms with E-state index in [1.165, 1.54) is 12.1 Å². The van der Waals surface area contributed by atoms with Crippen molar-refractivity contribution < 1.29 is 14.0 Å². The predicted octanol–water partition coefficient (Wildman–Crippen LogP) is 3.83. The van der Waals surface area contributed by atoms with E-state index >= 15 is 0 Å². The Morgan fingerprint density at radius 1 is 1.17 bits per heavy atom. The second kappa shape index (κ2) is 7.11. The second-order valence-electron chi connectivity index (χ2n) is 6.77. The normalized spacial score (nSPS) is 15.4. The van der Waals surface area contributed by atoms with Gasteiger partial charge in [0.15, 0.2) is 0 Å². The van der Waals surface area contributed by atoms with Crippen LogP contribution in [0.15, 0.2) is 18.2 Å². The smallest absolute Gasteiger partial charge is 0.254 e. The van der Waals surface area contributed by atoms with Crippen LogP contribution in [0.4, 0.5) is 10.1 Å². The average Bonchev–Trinajstić information content (AvgIpc) is 2.54. The van der Waals surface area contributed by atoms with Gasteiger partial charge in [-0.15, -0.1) is 0 Å². The standard InChI is InChI=1S/C18H25FN2O2/c1-4-18(2,3)17(23)20-15-11-13(10-14(19)12-15)16(22)21-8-6-5-7-9-21/h10-12H,4-9H2,1-3H3,(H,20,23). The number of amides is 2. The maximum atomic E-state index is 13.9. The molecule has 1 heterocycles. The molecule has 0 radical (unpaired) electrons. The van der Waals surface area contributed by atoms with Gasteiger partial charge in [0, 0.05) is 29.8 Å². The molecule has 1 aromatic carbocycles. The first-order valence-electron chi connectivity index (χ1n) is 8.25. The SMILES string of the molecule is CCC(C)(C)C(=O)Nc1cc(F)cc(C(=O)N2CCCCC2)c1. The molecule has 1 aromatic rings. The van der Waals surface area contributed by atoms with Crippen molar-refractivity contribution in [2.75, 3.05) is 18.4 Å². The van der Waals surface area contributed by atoms with Gasteiger partial charge in [-0.2, -0.15) is 0 Å². The first kappa shape index (κ1) is 17.4. The van der Waals surface area contributed by atoms with Gasteiger partial charge in [0.05, 0.1) is 0 Å². The van der Waals surface area contributed by atoms with Crippen molar-refractivity contribution in [2.24, 2.45) is 5.41 Å². The zero-order chi connectivity index (χ0) is 17.0. The van der Waals surface area contributed by atoms with E-state index in [4.69, 9.17) is 0 Å². The van der Waals surface area contributed by atoms with Crippen LogP contribution in [0.5, 0.6) is 0 Å². The Labute approximate surface area is 137 Å². The van der Waals surface area contributed by atoms with Gasteiger partial charge < -0.3 is 10.2 Å². The third-order valence-electron chi connectivity index (χ3n) is 4.54. The summed E-state index contributed by atoms with van der Waals surface area (Å²) in [5.41, 5.74) is 0.0805. The Morgan fingerprint density at radius 2 is 1.83 bits per heavy atom. The van der Waals surface area contributed by atoms with E-state index in [0.717, 1.165) is 19.3 Å². The number of hydrogen-bond donors (Lipinski definition) is 1. The molecule has 1 aliphatic heterocycles. The second-order valence-corrected chi connectivity index (χ2v) is 6.77. The van der Waals surface area contributed by atoms with Crippen molar-refractivity contribution >= 4 is 17.5 Å². The van der Waals surface area contributed by atoms with E-state index in [1.807, 2.05) is 20.8 Å². The molecule has 0 spiro atoms. The number of benzene rings is 1. The molecule has 126 valence electrons. The first-order chi connectivity index (χ1) is 10.8. The molecule has 4 nitrogen and oxygen atoms in total. The Kier molecular flexibility index (Phi) is 5.39. The maximum Gasteiger partial charge on any atom is 0.254 e. The largest absolute Gasteiger partial charge is 0.339 e. The number of anilines is 1. The molecule has 0 atom stereocenters. The molecular formula is C18H25FN2O2. The highest BCUT2D eigenvalue weighted by Gasteiger charge is 2.26. The molecule has 5 heteroatoms. The van der Waals surface area contributed by atoms with Gasteiger partial charge in [0.1, 0.15) is 5.82 Å². The Bertz CT molecular complexity index is 593. The lowest BCUT2D eigenvalue weighted by Gasteiger charge is -2.27. The molecule has 0 aromatic heterocycles. The number of rotatable bonds is 4. The van der Waals surface area contributed by atoms with Crippen LogP contribution in [0.25, 0.3) is 0 Å². The number of piperidine rings is 1. The van der Waals surface area contributed by atoms with Crippen LogP contribution < -0.4 is 5.32 Å². The average molecular weight is 320 g/mol. The van der Waals surface area contributed by atoms with E-state index in [-0.39, 0.29) is 17.4 Å². The molecule has 2 rings (SSSR count). The van der Waals surface area contributed by atoms with Crippen LogP contribution in [0, 0.1) is 11.2 Å². The van der Waals surface area contributed by atoms with Crippen molar-refractivity contribution in [3.8, 4) is 0 Å². The van der Waals surface area contributed by atoms with Gasteiger partial charge in [0.25, 0.3) is 5.91 Å². The van der Waals surface area contributed by atoms with Crippen LogP contribution in [-0.4, -0.2) is 29.8 Å². The maximum absolute atomic E-state index is 13.9. The highest BCUT2D eigenvalue weighted by Crippen LogP contribution is 2.24. The first-order valence-corrected chi connectivity index (χ1v) is 8.25. The highest BCUT2D eigenvalue weighted by molar-refractivity contribution is 5.98. The number of nitrogens with one attached hydrogen (secondary N) is 1. The number of halogens is 1. The third kappa shape index (κ3) is 4.30. The van der Waals surface area contributed by atoms with Gasteiger partial charge >= 0.3 is 0 Å². The minimum absolute atomic E-state index is 0.172. The highest BCUT2D eigenvalue weighted by atomic mass is 19.1. The topological polar surface area (TPSA) is 49.4 Å². The van der Waals surface area contributed by atoms with Crippen molar-refractivity contribution in [1.29, 1.82) is 0 Å². The fourth-order valence-electron chi connectivity index (χ4n) is 2.53. The Balaban J connectivity index is 2.18. The molecule has 1 saturated heterocycles. The molecule has 1 aliphatic rings. The van der Waals surface area contributed by atoms with Gasteiger partial charge in [-0.3, -0.25) is 9.59 Å². The summed E-state index contributed by atoms with van der Waals surface area (Å²) < 4.78 is 13.9. The van der Waals surface area contributed by atoms with Gasteiger partial charge in [0.2, 0.25) is 5.91 Å². The molecule has 1 N–H and O–H groups in total. The van der Waals surface area contributed by atoms with Crippen LogP contribution >= 0.6 is 0 Å². The fraction of sp³-hybridized carbons (Fsp3) is 0.556. The van der Waals surface area contributed by atoms with Gasteiger partial charge in [-0.1, -0.05) is 20.8 Å². The quantitative estimate of drug-likeness (QED) is 0.916. The lowest BCUT2D eigenvalue weighted by molar-refractivity contribution is -0.124. The lowest BCUT2D eigenvalue weighted by Crippen LogP contribution is -2.35. The molecule has 0 aliphatic carbocycles. The van der Waals surface area contributed by atoms with E-state index in [2.05, 4.69) is 5.32 Å². The van der Waals surface area contributed by atoms with Crippen LogP contribution in [0.3, 0.4) is 0 Å². The lowest BCUT2D eigenvalue weighted by atomic mass is 9.89. The molecule has 0 saturated carbocycles. The molecule has 0 bridgehead atoms. The number of carbonyl (C=O) groups is 2. The van der Waals surface area contributed by atoms with E-state index in [1.54, 1.807) is 11.0 Å². The minimum atomic E-state index is -0.538. The monoisotopic (exact) mass is 320 g/mol. The van der Waals surface area contributed by atoms with Crippen molar-refractivity contribution in [3.63, 3.8) is 0 Å². The van der Waals surface area contributed by atoms with E-state index < -0.39 is 11.2 Å². The van der Waals surface area contributed by atoms with Crippen molar-refractivity contribution in [3.05, 3.63) is 29.6 Å². The van der Waals surface area contributed by atoms with Gasteiger partial charge in [-0.05, 0) is 43.9 Å². The van der Waals surface area contributed by atoms with Crippen LogP contribution in [0.1, 0.15) is 56.8 Å². The summed E-state index contributed by atoms with van der Waals surface area (Å²) in [4.78, 5) is 26.5. The minimum Gasteiger partial charge on any atom is -0.339 e. The zero-order valence-corrected chi connectivity index (χ0v) is 14.1. The van der Waals surface area contributed by atoms with Crippen molar-refractivity contribution in [1.82, 2.24) is 4.90 Å². The summed E-state index contributed by atoms with van der Waals surface area (Å²) in [5.74, 6) is -0.867. The zero-order valence-electron chi connectivity index (χ0n) is 14.1. The Morgan fingerprint density at radius 3 is 2.43 bits per heavy atom. The summed E-state index contributed by atoms with van der Waals surface area (Å²) in [5, 5.41) is 2.72. The fourth-order valence-corrected chi connectivity index (χ4v) is 2.53. The van der Waals surface area contributed by atoms with E-state index in [0.29, 0.717) is 25.2 Å². The molecule has 1 fully saturated rings. The van der Waals surface area contributed by atoms with Crippen LogP contribution in [0.2, 0.25) is 0 Å². The summed E-state index contributed by atoms with van der Waals surface area (Å²) >= 11 is 0. The van der Waals surface area contributed by atoms with Gasteiger partial charge in [-0.25, -0.2) is 4.39 Å². The molecule has 23 heavy (non-hydrogen) atoms. The summed E-state index contributed by atoms with van der Waals surface area (Å²) in [6.07, 6.45) is 3.76. The summed E-state index contributed by atoms with van der Waals surface area (Å²) in [7, 11) is 0. The number of likely N-dealkylation sites (tertiary alicyclic amines) is 1. The molecular weight excluding hydrogens is 295 g/mol. The molecule has 0 unspecified atom stereocenters. The summed E-state index contributed by atoms with van der Waals surface area (Å²) in [6, 6.07) is 4.04. The number of nitrogens with zero attached hydrogens (tertiary/aromatic N) is 1. The number of carbonyl (C=O) groups excluding carboxylic acids is 2. The third-order valence-corrected chi connectivity index (χ3v) is 4.54.